The summed E-state index contributed by atoms with van der Waals surface area (Å²) in [6.45, 7) is 1.92. The predicted octanol–water partition coefficient (Wildman–Crippen LogP) is 4.06. The first kappa shape index (κ1) is 16.1. The number of esters is 1. The van der Waals surface area contributed by atoms with Gasteiger partial charge in [-0.25, -0.2) is 14.8 Å². The van der Waals surface area contributed by atoms with E-state index >= 15 is 0 Å². The fourth-order valence-corrected chi connectivity index (χ4v) is 2.43. The van der Waals surface area contributed by atoms with E-state index in [2.05, 4.69) is 15.3 Å². The summed E-state index contributed by atoms with van der Waals surface area (Å²) in [5.74, 6) is 0.785. The maximum atomic E-state index is 11.8. The van der Waals surface area contributed by atoms with Crippen LogP contribution in [-0.4, -0.2) is 22.2 Å². The first-order valence-corrected chi connectivity index (χ1v) is 8.39. The number of nitrogens with zero attached hydrogens (tertiary/aromatic N) is 2. The Hall–Kier alpha value is -2.80. The van der Waals surface area contributed by atoms with Gasteiger partial charge in [-0.05, 0) is 49.6 Å². The van der Waals surface area contributed by atoms with Crippen molar-refractivity contribution in [3.63, 3.8) is 0 Å². The summed E-state index contributed by atoms with van der Waals surface area (Å²) in [6, 6.07) is 12.1. The molecule has 3 rings (SSSR count). The van der Waals surface area contributed by atoms with Gasteiger partial charge in [0.1, 0.15) is 11.6 Å². The Morgan fingerprint density at radius 1 is 1.21 bits per heavy atom. The number of aromatic nitrogens is 2. The van der Waals surface area contributed by atoms with E-state index in [9.17, 15) is 4.79 Å². The molecule has 0 radical (unpaired) electrons. The van der Waals surface area contributed by atoms with Crippen LogP contribution in [-0.2, 0) is 0 Å². The van der Waals surface area contributed by atoms with Gasteiger partial charge in [-0.3, -0.25) is 0 Å². The number of carbonyl (C=O) groups excluding carboxylic acids is 1. The Labute approximate surface area is 143 Å². The van der Waals surface area contributed by atoms with Gasteiger partial charge in [0.05, 0.1) is 6.26 Å². The molecule has 0 saturated carbocycles. The van der Waals surface area contributed by atoms with Crippen LogP contribution in [0.2, 0.25) is 0 Å². The lowest BCUT2D eigenvalue weighted by molar-refractivity contribution is 0.0701. The molecule has 24 heavy (non-hydrogen) atoms. The topological polar surface area (TPSA) is 77.3 Å². The number of benzene rings is 1. The minimum absolute atomic E-state index is 0.165. The molecule has 2 heterocycles. The molecule has 0 aliphatic carbocycles. The molecule has 0 aliphatic rings. The maximum Gasteiger partial charge on any atom is 0.379 e. The minimum Gasteiger partial charge on any atom is -0.457 e. The number of furan rings is 1. The smallest absolute Gasteiger partial charge is 0.379 e. The highest BCUT2D eigenvalue weighted by Crippen LogP contribution is 2.21. The van der Waals surface area contributed by atoms with Gasteiger partial charge in [0, 0.05) is 17.4 Å². The van der Waals surface area contributed by atoms with E-state index in [0.29, 0.717) is 16.7 Å². The van der Waals surface area contributed by atoms with Crippen LogP contribution in [0.15, 0.2) is 58.3 Å². The zero-order valence-electron chi connectivity index (χ0n) is 13.1. The summed E-state index contributed by atoms with van der Waals surface area (Å²) >= 11 is 1.49. The third kappa shape index (κ3) is 3.94. The van der Waals surface area contributed by atoms with Crippen molar-refractivity contribution in [3.8, 4) is 5.75 Å². The van der Waals surface area contributed by atoms with Gasteiger partial charge < -0.3 is 14.5 Å². The van der Waals surface area contributed by atoms with Crippen molar-refractivity contribution < 1.29 is 13.9 Å². The predicted molar refractivity (Wildman–Crippen MR) is 91.9 cm³/mol. The number of rotatable bonds is 5. The van der Waals surface area contributed by atoms with E-state index in [1.54, 1.807) is 36.4 Å². The highest BCUT2D eigenvalue weighted by atomic mass is 32.2. The Bertz CT molecular complexity index is 833. The van der Waals surface area contributed by atoms with E-state index in [1.165, 1.54) is 18.0 Å². The van der Waals surface area contributed by atoms with Crippen LogP contribution >= 0.6 is 11.8 Å². The molecule has 0 spiro atoms. The molecule has 0 bridgehead atoms. The SMILES string of the molecule is CSc1nc(C)cc(Nc2ccc(OC(=O)c3ccco3)cc2)n1. The van der Waals surface area contributed by atoms with Crippen molar-refractivity contribution in [2.45, 2.75) is 12.1 Å². The Kier molecular flexibility index (Phi) is 4.81. The second kappa shape index (κ2) is 7.18. The lowest BCUT2D eigenvalue weighted by atomic mass is 10.3. The number of hydrogen-bond donors (Lipinski definition) is 1. The lowest BCUT2D eigenvalue weighted by Crippen LogP contribution is -2.07. The standard InChI is InChI=1S/C17H15N3O3S/c1-11-10-15(20-17(18-11)24-2)19-12-5-7-13(8-6-12)23-16(21)14-4-3-9-22-14/h3-10H,1-2H3,(H,18,19,20). The average Bonchev–Trinajstić information content (AvgIpc) is 3.11. The fraction of sp³-hybridized carbons (Fsp3) is 0.118. The number of ether oxygens (including phenoxy) is 1. The maximum absolute atomic E-state index is 11.8. The quantitative estimate of drug-likeness (QED) is 0.324. The fourth-order valence-electron chi connectivity index (χ4n) is 2.00. The van der Waals surface area contributed by atoms with Crippen molar-refractivity contribution in [1.82, 2.24) is 9.97 Å². The molecule has 3 aromatic rings. The third-order valence-corrected chi connectivity index (χ3v) is 3.62. The first-order chi connectivity index (χ1) is 11.6. The van der Waals surface area contributed by atoms with Gasteiger partial charge in [0.15, 0.2) is 5.16 Å². The zero-order valence-corrected chi connectivity index (χ0v) is 14.0. The van der Waals surface area contributed by atoms with Gasteiger partial charge in [0.25, 0.3) is 0 Å². The van der Waals surface area contributed by atoms with Gasteiger partial charge >= 0.3 is 5.97 Å². The van der Waals surface area contributed by atoms with Gasteiger partial charge in [-0.15, -0.1) is 0 Å². The van der Waals surface area contributed by atoms with Gasteiger partial charge in [0.2, 0.25) is 5.76 Å². The second-order valence-corrected chi connectivity index (χ2v) is 5.67. The number of hydrogen-bond acceptors (Lipinski definition) is 7. The van der Waals surface area contributed by atoms with E-state index in [4.69, 9.17) is 9.15 Å². The molecule has 7 heteroatoms. The summed E-state index contributed by atoms with van der Waals surface area (Å²) in [7, 11) is 0. The van der Waals surface area contributed by atoms with E-state index in [0.717, 1.165) is 11.4 Å². The number of thioether (sulfide) groups is 1. The van der Waals surface area contributed by atoms with Gasteiger partial charge in [-0.1, -0.05) is 11.8 Å². The third-order valence-electron chi connectivity index (χ3n) is 3.08. The molecule has 0 saturated heterocycles. The molecule has 0 fully saturated rings. The lowest BCUT2D eigenvalue weighted by Gasteiger charge is -2.08. The molecule has 2 aromatic heterocycles. The van der Waals surface area contributed by atoms with Crippen molar-refractivity contribution >= 4 is 29.2 Å². The Balaban J connectivity index is 1.68. The van der Waals surface area contributed by atoms with Crippen LogP contribution in [0.25, 0.3) is 0 Å². The molecule has 0 unspecified atom stereocenters. The molecular formula is C17H15N3O3S. The van der Waals surface area contributed by atoms with E-state index in [1.807, 2.05) is 19.2 Å². The van der Waals surface area contributed by atoms with Crippen molar-refractivity contribution in [3.05, 3.63) is 60.2 Å². The van der Waals surface area contributed by atoms with Crippen LogP contribution < -0.4 is 10.1 Å². The summed E-state index contributed by atoms with van der Waals surface area (Å²) in [5, 5.41) is 3.91. The summed E-state index contributed by atoms with van der Waals surface area (Å²) in [4.78, 5) is 20.5. The molecule has 1 N–H and O–H groups in total. The molecule has 122 valence electrons. The normalized spacial score (nSPS) is 10.4. The molecule has 0 amide bonds. The van der Waals surface area contributed by atoms with Crippen molar-refractivity contribution in [2.24, 2.45) is 0 Å². The van der Waals surface area contributed by atoms with Crippen LogP contribution in [0.5, 0.6) is 5.75 Å². The minimum atomic E-state index is -0.531. The molecule has 1 aromatic carbocycles. The summed E-state index contributed by atoms with van der Waals surface area (Å²) < 4.78 is 10.2. The number of aryl methyl sites for hydroxylation is 1. The monoisotopic (exact) mass is 341 g/mol. The highest BCUT2D eigenvalue weighted by molar-refractivity contribution is 7.98. The van der Waals surface area contributed by atoms with Gasteiger partial charge in [-0.2, -0.15) is 0 Å². The Morgan fingerprint density at radius 3 is 2.67 bits per heavy atom. The number of carbonyl (C=O) groups is 1. The van der Waals surface area contributed by atoms with E-state index in [-0.39, 0.29) is 5.76 Å². The number of nitrogens with one attached hydrogen (secondary N) is 1. The zero-order chi connectivity index (χ0) is 16.9. The average molecular weight is 341 g/mol. The first-order valence-electron chi connectivity index (χ1n) is 7.16. The van der Waals surface area contributed by atoms with Crippen molar-refractivity contribution in [1.29, 1.82) is 0 Å². The summed E-state index contributed by atoms with van der Waals surface area (Å²) in [6.07, 6.45) is 3.36. The molecular weight excluding hydrogens is 326 g/mol. The second-order valence-electron chi connectivity index (χ2n) is 4.90. The van der Waals surface area contributed by atoms with Crippen molar-refractivity contribution in [2.75, 3.05) is 11.6 Å². The Morgan fingerprint density at radius 2 is 2.00 bits per heavy atom. The number of anilines is 2. The van der Waals surface area contributed by atoms with Crippen LogP contribution in [0, 0.1) is 6.92 Å². The summed E-state index contributed by atoms with van der Waals surface area (Å²) in [5.41, 5.74) is 1.72. The molecule has 0 atom stereocenters. The highest BCUT2D eigenvalue weighted by Gasteiger charge is 2.11. The largest absolute Gasteiger partial charge is 0.457 e. The van der Waals surface area contributed by atoms with Crippen LogP contribution in [0.3, 0.4) is 0 Å². The molecule has 0 aliphatic heterocycles. The van der Waals surface area contributed by atoms with Crippen LogP contribution in [0.4, 0.5) is 11.5 Å². The van der Waals surface area contributed by atoms with Crippen LogP contribution in [0.1, 0.15) is 16.2 Å². The molecule has 6 nitrogen and oxygen atoms in total. The van der Waals surface area contributed by atoms with E-state index < -0.39 is 5.97 Å².